The monoisotopic (exact) mass is 332 g/mol. The van der Waals surface area contributed by atoms with Crippen LogP contribution in [0, 0.1) is 5.92 Å². The van der Waals surface area contributed by atoms with Gasteiger partial charge in [-0.2, -0.15) is 4.98 Å². The maximum Gasteiger partial charge on any atom is 0.227 e. The lowest BCUT2D eigenvalue weighted by Crippen LogP contribution is -2.51. The third-order valence-electron chi connectivity index (χ3n) is 5.62. The Morgan fingerprint density at radius 2 is 1.88 bits per heavy atom. The van der Waals surface area contributed by atoms with Crippen molar-refractivity contribution in [1.82, 2.24) is 19.8 Å². The molecule has 1 unspecified atom stereocenters. The highest BCUT2D eigenvalue weighted by molar-refractivity contribution is 5.41. The van der Waals surface area contributed by atoms with Crippen molar-refractivity contribution in [1.29, 1.82) is 0 Å². The molecule has 0 saturated carbocycles. The third kappa shape index (κ3) is 4.16. The molecule has 2 fully saturated rings. The minimum absolute atomic E-state index is 0.690. The van der Waals surface area contributed by atoms with E-state index < -0.39 is 0 Å². The number of nitrogens with zero attached hydrogens (tertiary/aromatic N) is 5. The van der Waals surface area contributed by atoms with Crippen LogP contribution in [0.4, 0.5) is 11.8 Å². The molecule has 0 spiro atoms. The summed E-state index contributed by atoms with van der Waals surface area (Å²) in [6.45, 7) is 12.4. The number of hydrogen-bond donors (Lipinski definition) is 1. The molecule has 0 radical (unpaired) electrons. The lowest BCUT2D eigenvalue weighted by Gasteiger charge is -2.42. The van der Waals surface area contributed by atoms with E-state index >= 15 is 0 Å². The average Bonchev–Trinajstić information content (AvgIpc) is 2.62. The van der Waals surface area contributed by atoms with Gasteiger partial charge in [-0.3, -0.25) is 4.90 Å². The first kappa shape index (κ1) is 17.4. The molecule has 1 aromatic heterocycles. The van der Waals surface area contributed by atoms with Crippen molar-refractivity contribution in [3.8, 4) is 0 Å². The van der Waals surface area contributed by atoms with E-state index in [9.17, 15) is 0 Å². The molecule has 134 valence electrons. The van der Waals surface area contributed by atoms with Crippen molar-refractivity contribution < 1.29 is 0 Å². The van der Waals surface area contributed by atoms with Crippen molar-refractivity contribution >= 4 is 11.8 Å². The van der Waals surface area contributed by atoms with E-state index in [0.29, 0.717) is 6.04 Å². The van der Waals surface area contributed by atoms with Crippen molar-refractivity contribution in [2.75, 3.05) is 63.1 Å². The van der Waals surface area contributed by atoms with Gasteiger partial charge in [0, 0.05) is 58.1 Å². The predicted octanol–water partition coefficient (Wildman–Crippen LogP) is 1.76. The molecule has 1 atom stereocenters. The predicted molar refractivity (Wildman–Crippen MR) is 99.7 cm³/mol. The quantitative estimate of drug-likeness (QED) is 0.887. The van der Waals surface area contributed by atoms with Crippen molar-refractivity contribution in [3.63, 3.8) is 0 Å². The second-order valence-corrected chi connectivity index (χ2v) is 7.18. The average molecular weight is 332 g/mol. The summed E-state index contributed by atoms with van der Waals surface area (Å²) in [6.07, 6.45) is 4.34. The molecule has 0 aliphatic carbocycles. The Kier molecular flexibility index (Phi) is 5.89. The Labute approximate surface area is 146 Å². The van der Waals surface area contributed by atoms with Gasteiger partial charge in [0.1, 0.15) is 5.82 Å². The number of aromatic nitrogens is 2. The largest absolute Gasteiger partial charge is 0.370 e. The van der Waals surface area contributed by atoms with Crippen LogP contribution in [0.3, 0.4) is 0 Å². The molecule has 2 aliphatic rings. The van der Waals surface area contributed by atoms with Gasteiger partial charge < -0.3 is 15.1 Å². The van der Waals surface area contributed by atoms with Crippen LogP contribution >= 0.6 is 0 Å². The second-order valence-electron chi connectivity index (χ2n) is 7.18. The van der Waals surface area contributed by atoms with Crippen LogP contribution in [0.1, 0.15) is 26.7 Å². The number of hydrogen-bond acceptors (Lipinski definition) is 6. The summed E-state index contributed by atoms with van der Waals surface area (Å²) in [4.78, 5) is 16.6. The molecule has 6 nitrogen and oxygen atoms in total. The summed E-state index contributed by atoms with van der Waals surface area (Å²) >= 11 is 0. The van der Waals surface area contributed by atoms with Gasteiger partial charge in [-0.1, -0.05) is 0 Å². The van der Waals surface area contributed by atoms with Gasteiger partial charge in [0.15, 0.2) is 0 Å². The number of piperazine rings is 1. The Hall–Kier alpha value is -1.40. The zero-order valence-corrected chi connectivity index (χ0v) is 15.4. The van der Waals surface area contributed by atoms with Gasteiger partial charge in [-0.25, -0.2) is 4.98 Å². The molecule has 1 aromatic rings. The standard InChI is InChI=1S/C18H32N6/c1-4-19-17-5-8-20-18(21-17)24-9-6-16(7-10-24)15(2)23-13-11-22(3)12-14-23/h5,8,15-16H,4,6-7,9-14H2,1-3H3,(H,19,20,21). The lowest BCUT2D eigenvalue weighted by molar-refractivity contribution is 0.0813. The smallest absolute Gasteiger partial charge is 0.227 e. The summed E-state index contributed by atoms with van der Waals surface area (Å²) in [6, 6.07) is 2.63. The first-order valence-electron chi connectivity index (χ1n) is 9.42. The van der Waals surface area contributed by atoms with Crippen LogP contribution in [-0.2, 0) is 0 Å². The Balaban J connectivity index is 1.52. The van der Waals surface area contributed by atoms with Crippen LogP contribution in [0.2, 0.25) is 0 Å². The Morgan fingerprint density at radius 1 is 1.17 bits per heavy atom. The maximum absolute atomic E-state index is 4.64. The fourth-order valence-electron chi connectivity index (χ4n) is 3.89. The highest BCUT2D eigenvalue weighted by Crippen LogP contribution is 2.26. The van der Waals surface area contributed by atoms with Gasteiger partial charge in [0.2, 0.25) is 5.95 Å². The van der Waals surface area contributed by atoms with E-state index in [0.717, 1.165) is 37.3 Å². The Bertz CT molecular complexity index is 506. The molecular formula is C18H32N6. The summed E-state index contributed by atoms with van der Waals surface area (Å²) in [7, 11) is 2.22. The summed E-state index contributed by atoms with van der Waals surface area (Å²) in [5, 5.41) is 3.27. The zero-order chi connectivity index (χ0) is 16.9. The van der Waals surface area contributed by atoms with Crippen LogP contribution < -0.4 is 10.2 Å². The third-order valence-corrected chi connectivity index (χ3v) is 5.62. The fraction of sp³-hybridized carbons (Fsp3) is 0.778. The normalized spacial score (nSPS) is 22.5. The molecule has 24 heavy (non-hydrogen) atoms. The molecule has 1 N–H and O–H groups in total. The molecule has 0 bridgehead atoms. The summed E-state index contributed by atoms with van der Waals surface area (Å²) < 4.78 is 0. The molecule has 3 rings (SSSR count). The zero-order valence-electron chi connectivity index (χ0n) is 15.4. The molecule has 3 heterocycles. The Morgan fingerprint density at radius 3 is 2.54 bits per heavy atom. The van der Waals surface area contributed by atoms with Crippen LogP contribution in [-0.4, -0.2) is 78.7 Å². The number of nitrogens with one attached hydrogen (secondary N) is 1. The van der Waals surface area contributed by atoms with E-state index in [1.54, 1.807) is 0 Å². The van der Waals surface area contributed by atoms with Gasteiger partial charge in [0.25, 0.3) is 0 Å². The molecular weight excluding hydrogens is 300 g/mol. The van der Waals surface area contributed by atoms with Gasteiger partial charge in [-0.05, 0) is 45.7 Å². The molecule has 6 heteroatoms. The van der Waals surface area contributed by atoms with E-state index in [-0.39, 0.29) is 0 Å². The number of rotatable bonds is 5. The van der Waals surface area contributed by atoms with E-state index in [1.165, 1.54) is 39.0 Å². The number of likely N-dealkylation sites (N-methyl/N-ethyl adjacent to an activating group) is 1. The van der Waals surface area contributed by atoms with Gasteiger partial charge in [-0.15, -0.1) is 0 Å². The maximum atomic E-state index is 4.64. The van der Waals surface area contributed by atoms with Gasteiger partial charge >= 0.3 is 0 Å². The summed E-state index contributed by atoms with van der Waals surface area (Å²) in [5.74, 6) is 2.59. The minimum Gasteiger partial charge on any atom is -0.370 e. The van der Waals surface area contributed by atoms with Crippen LogP contribution in [0.25, 0.3) is 0 Å². The lowest BCUT2D eigenvalue weighted by atomic mass is 9.89. The van der Waals surface area contributed by atoms with Crippen molar-refractivity contribution in [2.24, 2.45) is 5.92 Å². The topological polar surface area (TPSA) is 47.5 Å². The molecule has 2 saturated heterocycles. The van der Waals surface area contributed by atoms with Crippen molar-refractivity contribution in [3.05, 3.63) is 12.3 Å². The number of piperidine rings is 1. The molecule has 0 aromatic carbocycles. The first-order chi connectivity index (χ1) is 11.7. The molecule has 0 amide bonds. The van der Waals surface area contributed by atoms with E-state index in [1.807, 2.05) is 12.3 Å². The second kappa shape index (κ2) is 8.12. The van der Waals surface area contributed by atoms with Crippen molar-refractivity contribution in [2.45, 2.75) is 32.7 Å². The number of anilines is 2. The van der Waals surface area contributed by atoms with E-state index in [2.05, 4.69) is 50.9 Å². The van der Waals surface area contributed by atoms with E-state index in [4.69, 9.17) is 0 Å². The summed E-state index contributed by atoms with van der Waals surface area (Å²) in [5.41, 5.74) is 0. The first-order valence-corrected chi connectivity index (χ1v) is 9.42. The fourth-order valence-corrected chi connectivity index (χ4v) is 3.89. The van der Waals surface area contributed by atoms with Crippen LogP contribution in [0.5, 0.6) is 0 Å². The SMILES string of the molecule is CCNc1ccnc(N2CCC(C(C)N3CCN(C)CC3)CC2)n1. The van der Waals surface area contributed by atoms with Crippen LogP contribution in [0.15, 0.2) is 12.3 Å². The molecule has 2 aliphatic heterocycles. The highest BCUT2D eigenvalue weighted by Gasteiger charge is 2.29. The minimum atomic E-state index is 0.690. The van der Waals surface area contributed by atoms with Gasteiger partial charge in [0.05, 0.1) is 0 Å². The highest BCUT2D eigenvalue weighted by atomic mass is 15.3.